The third kappa shape index (κ3) is 3.65. The molecule has 0 saturated carbocycles. The monoisotopic (exact) mass is 438 g/mol. The van der Waals surface area contributed by atoms with Gasteiger partial charge in [0.15, 0.2) is 22.5 Å². The standard InChI is InChI=1S/C19H17ClF2N4O2S/c1-2-28-19(27)12-15(9-7-23-8-9)25-17(18-24-5-6-29-18)26-16(12)10-3-4-11(21)14(22)13(10)20/h3-6,9,16,23H,2,7-8H2,1H3,(H,25,26). The van der Waals surface area contributed by atoms with Crippen molar-refractivity contribution in [3.63, 3.8) is 0 Å². The second kappa shape index (κ2) is 8.17. The van der Waals surface area contributed by atoms with Crippen LogP contribution in [-0.4, -0.2) is 36.5 Å². The van der Waals surface area contributed by atoms with E-state index in [1.165, 1.54) is 17.4 Å². The van der Waals surface area contributed by atoms with Crippen molar-refractivity contribution in [3.05, 3.63) is 62.2 Å². The van der Waals surface area contributed by atoms with Gasteiger partial charge in [0.2, 0.25) is 0 Å². The quantitative estimate of drug-likeness (QED) is 0.554. The number of carbonyl (C=O) groups excluding carboxylic acids is 1. The summed E-state index contributed by atoms with van der Waals surface area (Å²) in [4.78, 5) is 21.7. The third-order valence-electron chi connectivity index (χ3n) is 4.75. The summed E-state index contributed by atoms with van der Waals surface area (Å²) in [5.74, 6) is -2.35. The Hall–Kier alpha value is -2.36. The van der Waals surface area contributed by atoms with Crippen LogP contribution in [0.15, 0.2) is 40.0 Å². The van der Waals surface area contributed by atoms with Crippen LogP contribution in [0.1, 0.15) is 23.5 Å². The number of ether oxygens (including phenoxy) is 1. The van der Waals surface area contributed by atoms with Gasteiger partial charge in [-0.05, 0) is 13.0 Å². The van der Waals surface area contributed by atoms with Crippen LogP contribution in [-0.2, 0) is 9.53 Å². The molecule has 1 saturated heterocycles. The number of nitrogens with one attached hydrogen (secondary N) is 2. The average molecular weight is 439 g/mol. The maximum atomic E-state index is 14.2. The second-order valence-corrected chi connectivity index (χ2v) is 7.78. The van der Waals surface area contributed by atoms with Gasteiger partial charge in [0, 0.05) is 41.8 Å². The molecule has 0 spiro atoms. The number of hydrogen-bond acceptors (Lipinski definition) is 7. The largest absolute Gasteiger partial charge is 0.463 e. The highest BCUT2D eigenvalue weighted by molar-refractivity contribution is 7.11. The highest BCUT2D eigenvalue weighted by atomic mass is 35.5. The van der Waals surface area contributed by atoms with Crippen LogP contribution in [0.3, 0.4) is 0 Å². The smallest absolute Gasteiger partial charge is 0.338 e. The Morgan fingerprint density at radius 3 is 2.79 bits per heavy atom. The molecule has 29 heavy (non-hydrogen) atoms. The first-order chi connectivity index (χ1) is 14.0. The maximum absolute atomic E-state index is 14.2. The average Bonchev–Trinajstić information content (AvgIpc) is 3.19. The number of aliphatic imine (C=N–C) groups is 1. The lowest BCUT2D eigenvalue weighted by Crippen LogP contribution is -2.49. The number of nitrogens with zero attached hydrogens (tertiary/aromatic N) is 2. The number of amidine groups is 1. The topological polar surface area (TPSA) is 75.6 Å². The van der Waals surface area contributed by atoms with Crippen molar-refractivity contribution < 1.29 is 18.3 Å². The molecule has 3 heterocycles. The van der Waals surface area contributed by atoms with Crippen molar-refractivity contribution in [2.75, 3.05) is 19.7 Å². The van der Waals surface area contributed by atoms with E-state index in [0.717, 1.165) is 6.07 Å². The minimum Gasteiger partial charge on any atom is -0.463 e. The Bertz CT molecular complexity index is 1010. The van der Waals surface area contributed by atoms with Gasteiger partial charge in [-0.15, -0.1) is 11.3 Å². The first kappa shape index (κ1) is 19.9. The van der Waals surface area contributed by atoms with E-state index in [0.29, 0.717) is 29.6 Å². The number of carbonyl (C=O) groups is 1. The Morgan fingerprint density at radius 1 is 1.38 bits per heavy atom. The summed E-state index contributed by atoms with van der Waals surface area (Å²) in [6, 6.07) is 1.37. The van der Waals surface area contributed by atoms with Crippen LogP contribution in [0.5, 0.6) is 0 Å². The lowest BCUT2D eigenvalue weighted by atomic mass is 9.88. The van der Waals surface area contributed by atoms with Crippen molar-refractivity contribution >= 4 is 34.7 Å². The summed E-state index contributed by atoms with van der Waals surface area (Å²) in [6.07, 6.45) is 1.64. The van der Waals surface area contributed by atoms with Gasteiger partial charge in [-0.2, -0.15) is 0 Å². The Labute approximate surface area is 174 Å². The van der Waals surface area contributed by atoms with Gasteiger partial charge in [0.05, 0.1) is 17.2 Å². The fourth-order valence-electron chi connectivity index (χ4n) is 3.24. The highest BCUT2D eigenvalue weighted by Gasteiger charge is 2.38. The van der Waals surface area contributed by atoms with Crippen LogP contribution in [0.2, 0.25) is 5.02 Å². The Balaban J connectivity index is 1.90. The number of benzene rings is 1. The number of halogens is 3. The summed E-state index contributed by atoms with van der Waals surface area (Å²) in [6.45, 7) is 3.19. The van der Waals surface area contributed by atoms with Gasteiger partial charge in [-0.1, -0.05) is 17.7 Å². The van der Waals surface area contributed by atoms with Crippen LogP contribution in [0.4, 0.5) is 8.78 Å². The van der Waals surface area contributed by atoms with E-state index < -0.39 is 28.7 Å². The molecule has 0 amide bonds. The molecular weight excluding hydrogens is 422 g/mol. The molecule has 4 rings (SSSR count). The second-order valence-electron chi connectivity index (χ2n) is 6.51. The van der Waals surface area contributed by atoms with E-state index in [2.05, 4.69) is 20.6 Å². The number of rotatable bonds is 5. The van der Waals surface area contributed by atoms with Crippen LogP contribution < -0.4 is 10.6 Å². The zero-order valence-electron chi connectivity index (χ0n) is 15.3. The summed E-state index contributed by atoms with van der Waals surface area (Å²) in [7, 11) is 0. The fraction of sp³-hybridized carbons (Fsp3) is 0.316. The molecule has 152 valence electrons. The van der Waals surface area contributed by atoms with Crippen molar-refractivity contribution in [2.45, 2.75) is 13.0 Å². The highest BCUT2D eigenvalue weighted by Crippen LogP contribution is 2.39. The molecule has 1 atom stereocenters. The van der Waals surface area contributed by atoms with E-state index in [9.17, 15) is 13.6 Å². The van der Waals surface area contributed by atoms with E-state index in [4.69, 9.17) is 16.3 Å². The lowest BCUT2D eigenvalue weighted by molar-refractivity contribution is -0.139. The van der Waals surface area contributed by atoms with E-state index in [1.54, 1.807) is 18.5 Å². The molecule has 2 N–H and O–H groups in total. The molecule has 1 unspecified atom stereocenters. The summed E-state index contributed by atoms with van der Waals surface area (Å²) in [5, 5.41) is 8.39. The number of aromatic nitrogens is 1. The molecule has 2 aliphatic heterocycles. The first-order valence-corrected chi connectivity index (χ1v) is 10.3. The lowest BCUT2D eigenvalue weighted by Gasteiger charge is -2.36. The van der Waals surface area contributed by atoms with Gasteiger partial charge < -0.3 is 15.4 Å². The maximum Gasteiger partial charge on any atom is 0.338 e. The molecule has 2 aliphatic rings. The van der Waals surface area contributed by atoms with Gasteiger partial charge in [-0.3, -0.25) is 4.99 Å². The van der Waals surface area contributed by atoms with Crippen molar-refractivity contribution in [1.29, 1.82) is 0 Å². The van der Waals surface area contributed by atoms with Crippen LogP contribution in [0.25, 0.3) is 0 Å². The van der Waals surface area contributed by atoms with Gasteiger partial charge in [0.1, 0.15) is 6.04 Å². The van der Waals surface area contributed by atoms with Gasteiger partial charge in [-0.25, -0.2) is 18.6 Å². The number of thiazole rings is 1. The number of hydrogen-bond donors (Lipinski definition) is 2. The third-order valence-corrected chi connectivity index (χ3v) is 5.92. The first-order valence-electron chi connectivity index (χ1n) is 9.01. The molecular formula is C19H17ClF2N4O2S. The minimum absolute atomic E-state index is 0.0199. The predicted molar refractivity (Wildman–Crippen MR) is 106 cm³/mol. The zero-order valence-corrected chi connectivity index (χ0v) is 16.9. The molecule has 2 aromatic rings. The summed E-state index contributed by atoms with van der Waals surface area (Å²) >= 11 is 7.49. The number of esters is 1. The summed E-state index contributed by atoms with van der Waals surface area (Å²) < 4.78 is 33.1. The zero-order chi connectivity index (χ0) is 20.5. The predicted octanol–water partition coefficient (Wildman–Crippen LogP) is 3.20. The fourth-order valence-corrected chi connectivity index (χ4v) is 4.08. The molecule has 0 aliphatic carbocycles. The van der Waals surface area contributed by atoms with E-state index in [1.807, 2.05) is 0 Å². The summed E-state index contributed by atoms with van der Waals surface area (Å²) in [5.41, 5.74) is 1.06. The molecule has 1 aromatic carbocycles. The van der Waals surface area contributed by atoms with Crippen LogP contribution >= 0.6 is 22.9 Å². The van der Waals surface area contributed by atoms with Gasteiger partial charge in [0.25, 0.3) is 0 Å². The van der Waals surface area contributed by atoms with Crippen molar-refractivity contribution in [1.82, 2.24) is 15.6 Å². The Morgan fingerprint density at radius 2 is 2.17 bits per heavy atom. The normalized spacial score (nSPS) is 19.4. The minimum atomic E-state index is -1.18. The van der Waals surface area contributed by atoms with Crippen molar-refractivity contribution in [2.24, 2.45) is 10.9 Å². The Kier molecular flexibility index (Phi) is 5.62. The molecule has 6 nitrogen and oxygen atoms in total. The van der Waals surface area contributed by atoms with Gasteiger partial charge >= 0.3 is 5.97 Å². The molecule has 0 radical (unpaired) electrons. The molecule has 1 fully saturated rings. The van der Waals surface area contributed by atoms with Crippen LogP contribution in [0, 0.1) is 17.6 Å². The SMILES string of the molecule is CCOC(=O)C1=C(C2CNC2)NC(c2nccs2)=NC1c1ccc(F)c(F)c1Cl. The molecule has 1 aromatic heterocycles. The van der Waals surface area contributed by atoms with Crippen molar-refractivity contribution in [3.8, 4) is 0 Å². The molecule has 10 heteroatoms. The van der Waals surface area contributed by atoms with E-state index in [-0.39, 0.29) is 23.7 Å². The van der Waals surface area contributed by atoms with E-state index >= 15 is 0 Å². The molecule has 0 bridgehead atoms.